The first-order valence-electron chi connectivity index (χ1n) is 6.33. The lowest BCUT2D eigenvalue weighted by atomic mass is 10.0. The maximum atomic E-state index is 10.1. The Balaban J connectivity index is 2.18. The predicted octanol–water partition coefficient (Wildman–Crippen LogP) is 3.26. The number of fused-ring (bicyclic) bond motifs is 5. The Kier molecular flexibility index (Phi) is 1.87. The van der Waals surface area contributed by atoms with Crippen LogP contribution in [-0.2, 0) is 0 Å². The molecule has 2 N–H and O–H groups in total. The van der Waals surface area contributed by atoms with Gasteiger partial charge in [0.1, 0.15) is 0 Å². The average Bonchev–Trinajstić information content (AvgIpc) is 2.88. The largest absolute Gasteiger partial charge is 0.388 e. The number of pyridine rings is 1. The number of nitrogens with one attached hydrogen (secondary N) is 1. The highest BCUT2D eigenvalue weighted by Crippen LogP contribution is 2.44. The number of benzene rings is 1. The zero-order valence-electron chi connectivity index (χ0n) is 10.1. The monoisotopic (exact) mass is 238 g/mol. The summed E-state index contributed by atoms with van der Waals surface area (Å²) >= 11 is 0. The molecule has 2 aromatic heterocycles. The predicted molar refractivity (Wildman–Crippen MR) is 71.6 cm³/mol. The third-order valence-corrected chi connectivity index (χ3v) is 4.03. The topological polar surface area (TPSA) is 48.9 Å². The highest BCUT2D eigenvalue weighted by Gasteiger charge is 2.29. The summed E-state index contributed by atoms with van der Waals surface area (Å²) in [6.07, 6.45) is 2.32. The van der Waals surface area contributed by atoms with Crippen LogP contribution >= 0.6 is 0 Å². The maximum absolute atomic E-state index is 10.1. The van der Waals surface area contributed by atoms with E-state index in [1.807, 2.05) is 24.4 Å². The highest BCUT2D eigenvalue weighted by molar-refractivity contribution is 6.06. The van der Waals surface area contributed by atoms with Crippen molar-refractivity contribution in [3.63, 3.8) is 0 Å². The van der Waals surface area contributed by atoms with Crippen molar-refractivity contribution >= 4 is 21.9 Å². The molecular weight excluding hydrogens is 224 g/mol. The second-order valence-electron chi connectivity index (χ2n) is 5.17. The van der Waals surface area contributed by atoms with Crippen molar-refractivity contribution in [2.45, 2.75) is 25.4 Å². The number of aliphatic hydroxyl groups is 1. The lowest BCUT2D eigenvalue weighted by molar-refractivity contribution is 0.174. The van der Waals surface area contributed by atoms with E-state index in [4.69, 9.17) is 0 Å². The van der Waals surface area contributed by atoms with Gasteiger partial charge >= 0.3 is 0 Å². The van der Waals surface area contributed by atoms with E-state index in [0.29, 0.717) is 5.92 Å². The van der Waals surface area contributed by atoms with Crippen molar-refractivity contribution in [1.29, 1.82) is 0 Å². The van der Waals surface area contributed by atoms with E-state index in [0.717, 1.165) is 33.9 Å². The Labute approximate surface area is 104 Å². The van der Waals surface area contributed by atoms with Gasteiger partial charge in [-0.1, -0.05) is 19.1 Å². The Hall–Kier alpha value is -1.87. The zero-order valence-corrected chi connectivity index (χ0v) is 10.1. The fourth-order valence-corrected chi connectivity index (χ4v) is 3.22. The van der Waals surface area contributed by atoms with Crippen LogP contribution in [0.5, 0.6) is 0 Å². The average molecular weight is 238 g/mol. The first kappa shape index (κ1) is 10.1. The summed E-state index contributed by atoms with van der Waals surface area (Å²) < 4.78 is 0. The highest BCUT2D eigenvalue weighted by atomic mass is 16.3. The molecule has 2 unspecified atom stereocenters. The molecular formula is C15H14N2O. The molecule has 0 spiro atoms. The summed E-state index contributed by atoms with van der Waals surface area (Å²) in [7, 11) is 0. The number of hydrogen-bond acceptors (Lipinski definition) is 2. The normalized spacial score (nSPS) is 22.8. The van der Waals surface area contributed by atoms with Crippen LogP contribution in [0.25, 0.3) is 21.9 Å². The quantitative estimate of drug-likeness (QED) is 0.631. The summed E-state index contributed by atoms with van der Waals surface area (Å²) in [5, 5.41) is 11.2. The van der Waals surface area contributed by atoms with Gasteiger partial charge in [0.25, 0.3) is 0 Å². The summed E-state index contributed by atoms with van der Waals surface area (Å²) in [5.74, 6) is 0.395. The first-order valence-corrected chi connectivity index (χ1v) is 6.33. The third kappa shape index (κ3) is 1.14. The van der Waals surface area contributed by atoms with Gasteiger partial charge in [-0.3, -0.25) is 4.98 Å². The lowest BCUT2D eigenvalue weighted by Gasteiger charge is -2.05. The maximum Gasteiger partial charge on any atom is 0.0957 e. The summed E-state index contributed by atoms with van der Waals surface area (Å²) in [6, 6.07) is 8.11. The van der Waals surface area contributed by atoms with E-state index in [2.05, 4.69) is 23.0 Å². The molecule has 1 aliphatic rings. The number of rotatable bonds is 0. The molecule has 0 saturated heterocycles. The van der Waals surface area contributed by atoms with Gasteiger partial charge < -0.3 is 10.1 Å². The van der Waals surface area contributed by atoms with E-state index < -0.39 is 0 Å². The van der Waals surface area contributed by atoms with E-state index in [9.17, 15) is 5.11 Å². The van der Waals surface area contributed by atoms with Crippen LogP contribution in [0.15, 0.2) is 30.5 Å². The molecule has 0 fully saturated rings. The van der Waals surface area contributed by atoms with Crippen molar-refractivity contribution in [2.75, 3.05) is 0 Å². The number of hydrogen-bond donors (Lipinski definition) is 2. The summed E-state index contributed by atoms with van der Waals surface area (Å²) in [5.41, 5.74) is 5.56. The van der Waals surface area contributed by atoms with E-state index in [1.54, 1.807) is 0 Å². The van der Waals surface area contributed by atoms with Crippen LogP contribution in [0.1, 0.15) is 36.5 Å². The molecule has 3 nitrogen and oxygen atoms in total. The number of aromatic nitrogens is 2. The van der Waals surface area contributed by atoms with E-state index in [-0.39, 0.29) is 6.10 Å². The Bertz CT molecular complexity index is 760. The molecule has 4 rings (SSSR count). The van der Waals surface area contributed by atoms with Crippen LogP contribution in [0.2, 0.25) is 0 Å². The number of aromatic amines is 1. The lowest BCUT2D eigenvalue weighted by Crippen LogP contribution is -1.89. The van der Waals surface area contributed by atoms with Gasteiger partial charge in [-0.15, -0.1) is 0 Å². The fourth-order valence-electron chi connectivity index (χ4n) is 3.22. The summed E-state index contributed by atoms with van der Waals surface area (Å²) in [6.45, 7) is 2.17. The van der Waals surface area contributed by atoms with Gasteiger partial charge in [-0.25, -0.2) is 0 Å². The molecule has 3 heteroatoms. The van der Waals surface area contributed by atoms with Crippen LogP contribution in [0.3, 0.4) is 0 Å². The smallest absolute Gasteiger partial charge is 0.0957 e. The van der Waals surface area contributed by atoms with Gasteiger partial charge in [0.15, 0.2) is 0 Å². The Morgan fingerprint density at radius 2 is 2.22 bits per heavy atom. The van der Waals surface area contributed by atoms with Crippen molar-refractivity contribution in [2.24, 2.45) is 0 Å². The van der Waals surface area contributed by atoms with Crippen molar-refractivity contribution < 1.29 is 5.11 Å². The minimum Gasteiger partial charge on any atom is -0.388 e. The van der Waals surface area contributed by atoms with E-state index in [1.165, 1.54) is 5.56 Å². The second kappa shape index (κ2) is 3.33. The zero-order chi connectivity index (χ0) is 12.3. The minimum atomic E-state index is -0.321. The molecule has 1 aliphatic carbocycles. The number of nitrogens with zero attached hydrogens (tertiary/aromatic N) is 1. The van der Waals surface area contributed by atoms with Gasteiger partial charge in [0.05, 0.1) is 22.7 Å². The molecule has 1 aromatic carbocycles. The van der Waals surface area contributed by atoms with Crippen LogP contribution in [0.4, 0.5) is 0 Å². The SMILES string of the molecule is CC1CC(O)c2ccc3c([nH]c4cccnc43)c21. The Morgan fingerprint density at radius 1 is 1.33 bits per heavy atom. The van der Waals surface area contributed by atoms with Crippen LogP contribution in [-0.4, -0.2) is 15.1 Å². The van der Waals surface area contributed by atoms with Crippen molar-refractivity contribution in [1.82, 2.24) is 9.97 Å². The van der Waals surface area contributed by atoms with Gasteiger partial charge in [-0.2, -0.15) is 0 Å². The van der Waals surface area contributed by atoms with Crippen molar-refractivity contribution in [3.8, 4) is 0 Å². The second-order valence-corrected chi connectivity index (χ2v) is 5.17. The number of H-pyrrole nitrogens is 1. The molecule has 0 radical (unpaired) electrons. The fraction of sp³-hybridized carbons (Fsp3) is 0.267. The van der Waals surface area contributed by atoms with Crippen molar-refractivity contribution in [3.05, 3.63) is 41.6 Å². The summed E-state index contributed by atoms with van der Waals surface area (Å²) in [4.78, 5) is 7.90. The molecule has 3 aromatic rings. The van der Waals surface area contributed by atoms with Gasteiger partial charge in [0, 0.05) is 11.6 Å². The molecule has 0 saturated carbocycles. The molecule has 18 heavy (non-hydrogen) atoms. The van der Waals surface area contributed by atoms with Gasteiger partial charge in [0.2, 0.25) is 0 Å². The molecule has 2 atom stereocenters. The van der Waals surface area contributed by atoms with Crippen LogP contribution < -0.4 is 0 Å². The van der Waals surface area contributed by atoms with Crippen LogP contribution in [0, 0.1) is 0 Å². The minimum absolute atomic E-state index is 0.321. The van der Waals surface area contributed by atoms with E-state index >= 15 is 0 Å². The molecule has 0 bridgehead atoms. The standard InChI is InChI=1S/C15H14N2O/c1-8-7-12(18)9-4-5-10-14-11(3-2-6-16-14)17-15(10)13(8)9/h2-6,8,12,17-18H,7H2,1H3. The number of aliphatic hydroxyl groups excluding tert-OH is 1. The molecule has 0 aliphatic heterocycles. The Morgan fingerprint density at radius 3 is 3.11 bits per heavy atom. The first-order chi connectivity index (χ1) is 8.75. The third-order valence-electron chi connectivity index (χ3n) is 4.03. The molecule has 90 valence electrons. The van der Waals surface area contributed by atoms with Gasteiger partial charge in [-0.05, 0) is 35.6 Å². The molecule has 0 amide bonds. The molecule has 2 heterocycles.